The van der Waals surface area contributed by atoms with E-state index in [1.54, 1.807) is 39.0 Å². The fourth-order valence-electron chi connectivity index (χ4n) is 3.28. The molecule has 0 spiro atoms. The molecule has 1 heterocycles. The van der Waals surface area contributed by atoms with Crippen LogP contribution in [0.4, 0.5) is 5.69 Å². The van der Waals surface area contributed by atoms with Gasteiger partial charge in [0.1, 0.15) is 5.69 Å². The van der Waals surface area contributed by atoms with Gasteiger partial charge in [-0.25, -0.2) is 4.79 Å². The summed E-state index contributed by atoms with van der Waals surface area (Å²) in [6.45, 7) is 9.84. The zero-order valence-electron chi connectivity index (χ0n) is 19.5. The van der Waals surface area contributed by atoms with Crippen LogP contribution >= 0.6 is 0 Å². The summed E-state index contributed by atoms with van der Waals surface area (Å²) in [4.78, 5) is 41.8. The zero-order chi connectivity index (χ0) is 23.8. The second-order valence-corrected chi connectivity index (χ2v) is 7.08. The summed E-state index contributed by atoms with van der Waals surface area (Å²) < 4.78 is 16.1. The molecule has 174 valence electrons. The normalized spacial score (nSPS) is 10.4. The van der Waals surface area contributed by atoms with E-state index in [1.807, 2.05) is 13.8 Å². The minimum atomic E-state index is -0.487. The highest BCUT2D eigenvalue weighted by atomic mass is 16.5. The molecule has 0 bridgehead atoms. The number of aromatic nitrogens is 1. The van der Waals surface area contributed by atoms with E-state index >= 15 is 0 Å². The number of aryl methyl sites for hydroxylation is 1. The van der Waals surface area contributed by atoms with E-state index in [4.69, 9.17) is 14.2 Å². The third kappa shape index (κ3) is 5.81. The number of anilines is 1. The van der Waals surface area contributed by atoms with E-state index in [0.29, 0.717) is 47.2 Å². The molecule has 0 saturated heterocycles. The van der Waals surface area contributed by atoms with Crippen molar-refractivity contribution >= 4 is 23.5 Å². The van der Waals surface area contributed by atoms with Crippen LogP contribution in [0.15, 0.2) is 18.2 Å². The van der Waals surface area contributed by atoms with Crippen LogP contribution in [0.1, 0.15) is 52.9 Å². The number of carbonyl (C=O) groups excluding carboxylic acids is 3. The molecule has 0 fully saturated rings. The highest BCUT2D eigenvalue weighted by Crippen LogP contribution is 2.30. The number of esters is 1. The van der Waals surface area contributed by atoms with Crippen LogP contribution in [-0.2, 0) is 9.53 Å². The summed E-state index contributed by atoms with van der Waals surface area (Å²) in [5.41, 5.74) is 2.15. The Morgan fingerprint density at radius 1 is 1.00 bits per heavy atom. The van der Waals surface area contributed by atoms with Gasteiger partial charge in [-0.15, -0.1) is 0 Å². The number of benzene rings is 1. The van der Waals surface area contributed by atoms with Crippen LogP contribution in [0.2, 0.25) is 0 Å². The number of carbonyl (C=O) groups is 3. The molecule has 0 radical (unpaired) electrons. The van der Waals surface area contributed by atoms with Gasteiger partial charge in [-0.05, 0) is 52.3 Å². The topological polar surface area (TPSA) is 110 Å². The van der Waals surface area contributed by atoms with E-state index in [1.165, 1.54) is 11.9 Å². The highest BCUT2D eigenvalue weighted by molar-refractivity contribution is 6.02. The number of aromatic amines is 1. The lowest BCUT2D eigenvalue weighted by Gasteiger charge is -2.17. The Morgan fingerprint density at radius 2 is 1.66 bits per heavy atom. The molecule has 0 unspecified atom stereocenters. The van der Waals surface area contributed by atoms with Gasteiger partial charge in [0.2, 0.25) is 5.91 Å². The summed E-state index contributed by atoms with van der Waals surface area (Å²) in [6.07, 6.45) is 0. The quantitative estimate of drug-likeness (QED) is 0.543. The first-order valence-electron chi connectivity index (χ1n) is 10.5. The number of likely N-dealkylation sites (N-methyl/N-ethyl adjacent to an activating group) is 1. The summed E-state index contributed by atoms with van der Waals surface area (Å²) in [5, 5.41) is 2.76. The second kappa shape index (κ2) is 11.2. The van der Waals surface area contributed by atoms with E-state index in [2.05, 4.69) is 10.3 Å². The third-order valence-electron chi connectivity index (χ3n) is 4.69. The predicted octanol–water partition coefficient (Wildman–Crippen LogP) is 3.32. The molecule has 0 atom stereocenters. The number of ether oxygens (including phenoxy) is 3. The van der Waals surface area contributed by atoms with Crippen LogP contribution in [0.25, 0.3) is 0 Å². The second-order valence-electron chi connectivity index (χ2n) is 7.08. The van der Waals surface area contributed by atoms with Crippen molar-refractivity contribution in [2.75, 3.05) is 38.7 Å². The van der Waals surface area contributed by atoms with Gasteiger partial charge in [0.25, 0.3) is 5.91 Å². The Labute approximate surface area is 188 Å². The molecule has 2 N–H and O–H groups in total. The lowest BCUT2D eigenvalue weighted by molar-refractivity contribution is -0.116. The van der Waals surface area contributed by atoms with Gasteiger partial charge in [0.05, 0.1) is 31.9 Å². The van der Waals surface area contributed by atoms with Gasteiger partial charge in [-0.3, -0.25) is 9.59 Å². The first kappa shape index (κ1) is 24.8. The monoisotopic (exact) mass is 445 g/mol. The van der Waals surface area contributed by atoms with Gasteiger partial charge in [-0.1, -0.05) is 0 Å². The average molecular weight is 446 g/mol. The molecule has 0 aliphatic rings. The van der Waals surface area contributed by atoms with Gasteiger partial charge >= 0.3 is 5.97 Å². The summed E-state index contributed by atoms with van der Waals surface area (Å²) in [7, 11) is 1.52. The fourth-order valence-corrected chi connectivity index (χ4v) is 3.28. The number of nitrogens with one attached hydrogen (secondary N) is 2. The molecular weight excluding hydrogens is 414 g/mol. The Hall–Kier alpha value is -3.49. The van der Waals surface area contributed by atoms with Crippen molar-refractivity contribution in [2.24, 2.45) is 0 Å². The lowest BCUT2D eigenvalue weighted by atomic mass is 10.1. The molecule has 9 heteroatoms. The van der Waals surface area contributed by atoms with Crippen molar-refractivity contribution in [3.8, 4) is 11.5 Å². The zero-order valence-corrected chi connectivity index (χ0v) is 19.5. The Balaban J connectivity index is 2.10. The molecule has 0 aliphatic carbocycles. The van der Waals surface area contributed by atoms with Crippen LogP contribution in [-0.4, -0.2) is 61.1 Å². The average Bonchev–Trinajstić information content (AvgIpc) is 3.03. The van der Waals surface area contributed by atoms with Crippen LogP contribution < -0.4 is 14.8 Å². The van der Waals surface area contributed by atoms with E-state index < -0.39 is 11.9 Å². The van der Waals surface area contributed by atoms with Crippen molar-refractivity contribution < 1.29 is 28.6 Å². The summed E-state index contributed by atoms with van der Waals surface area (Å²) in [5.74, 6) is -0.147. The summed E-state index contributed by atoms with van der Waals surface area (Å²) in [6, 6.07) is 5.11. The van der Waals surface area contributed by atoms with Crippen molar-refractivity contribution in [2.45, 2.75) is 34.6 Å². The molecule has 1 aromatic heterocycles. The highest BCUT2D eigenvalue weighted by Gasteiger charge is 2.25. The first-order valence-corrected chi connectivity index (χ1v) is 10.5. The van der Waals surface area contributed by atoms with Crippen molar-refractivity contribution in [3.05, 3.63) is 40.7 Å². The molecule has 2 rings (SSSR count). The minimum Gasteiger partial charge on any atom is -0.490 e. The predicted molar refractivity (Wildman–Crippen MR) is 121 cm³/mol. The standard InChI is InChI=1S/C23H31N3O6/c1-7-30-17-11-10-16(12-18(17)31-8-2)25-19(27)13-26(6)22(28)21-14(4)20(15(5)24-21)23(29)32-9-3/h10-12,24H,7-9,13H2,1-6H3,(H,25,27). The SMILES string of the molecule is CCOC(=O)c1c(C)[nH]c(C(=O)N(C)CC(=O)Nc2ccc(OCC)c(OCC)c2)c1C. The maximum Gasteiger partial charge on any atom is 0.340 e. The van der Waals surface area contributed by atoms with Gasteiger partial charge in [0, 0.05) is 24.5 Å². The van der Waals surface area contributed by atoms with Crippen LogP contribution in [0.3, 0.4) is 0 Å². The molecule has 1 aromatic carbocycles. The van der Waals surface area contributed by atoms with E-state index in [-0.39, 0.29) is 24.8 Å². The maximum atomic E-state index is 12.9. The minimum absolute atomic E-state index is 0.178. The van der Waals surface area contributed by atoms with Gasteiger partial charge in [-0.2, -0.15) is 0 Å². The fraction of sp³-hybridized carbons (Fsp3) is 0.435. The van der Waals surface area contributed by atoms with Gasteiger partial charge < -0.3 is 29.4 Å². The lowest BCUT2D eigenvalue weighted by Crippen LogP contribution is -2.35. The Morgan fingerprint density at radius 3 is 2.28 bits per heavy atom. The molecule has 32 heavy (non-hydrogen) atoms. The molecule has 0 aliphatic heterocycles. The maximum absolute atomic E-state index is 12.9. The number of rotatable bonds is 10. The van der Waals surface area contributed by atoms with Crippen LogP contribution in [0.5, 0.6) is 11.5 Å². The first-order chi connectivity index (χ1) is 15.2. The number of hydrogen-bond donors (Lipinski definition) is 2. The van der Waals surface area contributed by atoms with Crippen LogP contribution in [0, 0.1) is 13.8 Å². The number of amides is 2. The number of hydrogen-bond acceptors (Lipinski definition) is 6. The molecule has 2 aromatic rings. The largest absolute Gasteiger partial charge is 0.490 e. The Kier molecular flexibility index (Phi) is 8.69. The van der Waals surface area contributed by atoms with E-state index in [0.717, 1.165) is 0 Å². The number of H-pyrrole nitrogens is 1. The van der Waals surface area contributed by atoms with E-state index in [9.17, 15) is 14.4 Å². The van der Waals surface area contributed by atoms with Crippen molar-refractivity contribution in [3.63, 3.8) is 0 Å². The van der Waals surface area contributed by atoms with Gasteiger partial charge in [0.15, 0.2) is 11.5 Å². The Bertz CT molecular complexity index is 982. The smallest absolute Gasteiger partial charge is 0.340 e. The van der Waals surface area contributed by atoms with Crippen molar-refractivity contribution in [1.29, 1.82) is 0 Å². The molecule has 0 saturated carbocycles. The molecule has 2 amide bonds. The van der Waals surface area contributed by atoms with Crippen molar-refractivity contribution in [1.82, 2.24) is 9.88 Å². The molecular formula is C23H31N3O6. The summed E-state index contributed by atoms with van der Waals surface area (Å²) >= 11 is 0. The number of nitrogens with zero attached hydrogens (tertiary/aromatic N) is 1. The third-order valence-corrected chi connectivity index (χ3v) is 4.69. The molecule has 9 nitrogen and oxygen atoms in total.